The van der Waals surface area contributed by atoms with E-state index >= 15 is 0 Å². The highest BCUT2D eigenvalue weighted by Gasteiger charge is 2.47. The number of rotatable bonds is 3. The van der Waals surface area contributed by atoms with Gasteiger partial charge in [0.15, 0.2) is 0 Å². The van der Waals surface area contributed by atoms with Crippen molar-refractivity contribution in [1.29, 1.82) is 0 Å². The fourth-order valence-corrected chi connectivity index (χ4v) is 3.25. The van der Waals surface area contributed by atoms with Crippen LogP contribution in [-0.2, 0) is 4.79 Å². The molecule has 1 aromatic heterocycles. The van der Waals surface area contributed by atoms with Gasteiger partial charge in [0.1, 0.15) is 12.2 Å². The van der Waals surface area contributed by atoms with Crippen LogP contribution in [0.3, 0.4) is 0 Å². The molecule has 3 heterocycles. The third kappa shape index (κ3) is 2.01. The monoisotopic (exact) mass is 297 g/mol. The maximum Gasteiger partial charge on any atom is 0.316 e. The zero-order chi connectivity index (χ0) is 15.1. The summed E-state index contributed by atoms with van der Waals surface area (Å²) in [6.45, 7) is 0. The van der Waals surface area contributed by atoms with Crippen LogP contribution in [0.15, 0.2) is 46.3 Å². The average Bonchev–Trinajstić information content (AvgIpc) is 2.88. The number of allylic oxidation sites excluding steroid dienone is 2. The van der Waals surface area contributed by atoms with Gasteiger partial charge in [-0.1, -0.05) is 18.2 Å². The largest absolute Gasteiger partial charge is 0.467 e. The molecule has 1 saturated heterocycles. The Morgan fingerprint density at radius 2 is 2.23 bits per heavy atom. The molecule has 0 radical (unpaired) electrons. The van der Waals surface area contributed by atoms with E-state index in [-0.39, 0.29) is 30.0 Å². The number of piperidine rings is 1. The second-order valence-corrected chi connectivity index (χ2v) is 5.57. The van der Waals surface area contributed by atoms with Gasteiger partial charge in [0.25, 0.3) is 0 Å². The Labute approximate surface area is 127 Å². The molecule has 2 aliphatic heterocycles. The van der Waals surface area contributed by atoms with E-state index in [4.69, 9.17) is 4.74 Å². The molecular formula is C15H15N5O2. The van der Waals surface area contributed by atoms with E-state index in [1.165, 1.54) is 7.11 Å². The highest BCUT2D eigenvalue weighted by Crippen LogP contribution is 2.43. The third-order valence-corrected chi connectivity index (χ3v) is 4.36. The Kier molecular flexibility index (Phi) is 2.99. The third-order valence-electron chi connectivity index (χ3n) is 4.36. The maximum atomic E-state index is 12.0. The molecule has 1 amide bonds. The SMILES string of the molecule is COc1nccc(C2CC(=O)NC3N=NC(C4=CC=C4)C32)n1. The van der Waals surface area contributed by atoms with E-state index in [2.05, 4.69) is 25.5 Å². The van der Waals surface area contributed by atoms with E-state index in [0.29, 0.717) is 12.4 Å². The van der Waals surface area contributed by atoms with Crippen LogP contribution >= 0.6 is 0 Å². The minimum absolute atomic E-state index is 0.0263. The first-order valence-electron chi connectivity index (χ1n) is 7.21. The molecule has 1 aromatic rings. The van der Waals surface area contributed by atoms with Crippen LogP contribution in [0.1, 0.15) is 18.0 Å². The molecule has 1 fully saturated rings. The Bertz CT molecular complexity index is 712. The number of ether oxygens (including phenoxy) is 1. The van der Waals surface area contributed by atoms with Gasteiger partial charge in [0.05, 0.1) is 12.8 Å². The van der Waals surface area contributed by atoms with E-state index in [1.54, 1.807) is 6.20 Å². The number of carbonyl (C=O) groups is 1. The minimum Gasteiger partial charge on any atom is -0.467 e. The second kappa shape index (κ2) is 5.01. The lowest BCUT2D eigenvalue weighted by atomic mass is 9.75. The molecule has 4 atom stereocenters. The van der Waals surface area contributed by atoms with Crippen molar-refractivity contribution in [2.45, 2.75) is 24.5 Å². The quantitative estimate of drug-likeness (QED) is 0.912. The van der Waals surface area contributed by atoms with Gasteiger partial charge >= 0.3 is 6.01 Å². The van der Waals surface area contributed by atoms with Crippen molar-refractivity contribution < 1.29 is 9.53 Å². The van der Waals surface area contributed by atoms with Crippen LogP contribution in [0.4, 0.5) is 0 Å². The highest BCUT2D eigenvalue weighted by atomic mass is 16.5. The van der Waals surface area contributed by atoms with Crippen molar-refractivity contribution in [3.8, 4) is 6.01 Å². The van der Waals surface area contributed by atoms with Gasteiger partial charge in [0.2, 0.25) is 5.91 Å². The molecule has 7 heteroatoms. The number of nitrogens with one attached hydrogen (secondary N) is 1. The predicted octanol–water partition coefficient (Wildman–Crippen LogP) is 1.36. The lowest BCUT2D eigenvalue weighted by molar-refractivity contribution is -0.124. The minimum atomic E-state index is -0.285. The molecule has 0 spiro atoms. The van der Waals surface area contributed by atoms with Crippen molar-refractivity contribution in [3.05, 3.63) is 41.8 Å². The fourth-order valence-electron chi connectivity index (χ4n) is 3.25. The number of methoxy groups -OCH3 is 1. The number of hydrogen-bond donors (Lipinski definition) is 1. The Morgan fingerprint density at radius 1 is 1.36 bits per heavy atom. The molecule has 7 nitrogen and oxygen atoms in total. The number of aromatic nitrogens is 2. The van der Waals surface area contributed by atoms with Gasteiger partial charge in [-0.15, -0.1) is 0 Å². The average molecular weight is 297 g/mol. The summed E-state index contributed by atoms with van der Waals surface area (Å²) < 4.78 is 5.10. The highest BCUT2D eigenvalue weighted by molar-refractivity contribution is 5.78. The van der Waals surface area contributed by atoms with Gasteiger partial charge in [0, 0.05) is 24.5 Å². The van der Waals surface area contributed by atoms with E-state index in [9.17, 15) is 4.79 Å². The first kappa shape index (κ1) is 13.1. The van der Waals surface area contributed by atoms with Crippen LogP contribution in [0, 0.1) is 5.92 Å². The van der Waals surface area contributed by atoms with Gasteiger partial charge in [-0.3, -0.25) is 4.79 Å². The topological polar surface area (TPSA) is 88.8 Å². The van der Waals surface area contributed by atoms with Gasteiger partial charge in [-0.2, -0.15) is 15.2 Å². The lowest BCUT2D eigenvalue weighted by Gasteiger charge is -2.35. The van der Waals surface area contributed by atoms with Crippen LogP contribution in [0.25, 0.3) is 0 Å². The molecule has 4 unspecified atom stereocenters. The normalized spacial score (nSPS) is 32.0. The summed E-state index contributed by atoms with van der Waals surface area (Å²) in [6.07, 6.45) is 7.82. The number of amides is 1. The van der Waals surface area contributed by atoms with E-state index in [0.717, 1.165) is 11.3 Å². The van der Waals surface area contributed by atoms with Gasteiger partial charge in [-0.05, 0) is 11.6 Å². The molecule has 4 rings (SSSR count). The summed E-state index contributed by atoms with van der Waals surface area (Å²) >= 11 is 0. The van der Waals surface area contributed by atoms with Crippen molar-refractivity contribution in [3.63, 3.8) is 0 Å². The summed E-state index contributed by atoms with van der Waals surface area (Å²) in [4.78, 5) is 20.4. The summed E-state index contributed by atoms with van der Waals surface area (Å²) in [5.74, 6) is 0.000571. The van der Waals surface area contributed by atoms with Crippen molar-refractivity contribution in [1.82, 2.24) is 15.3 Å². The zero-order valence-corrected chi connectivity index (χ0v) is 12.0. The Hall–Kier alpha value is -2.57. The first-order chi connectivity index (χ1) is 10.8. The zero-order valence-electron chi connectivity index (χ0n) is 12.0. The van der Waals surface area contributed by atoms with Gasteiger partial charge < -0.3 is 10.1 Å². The lowest BCUT2D eigenvalue weighted by Crippen LogP contribution is -2.49. The smallest absolute Gasteiger partial charge is 0.316 e. The second-order valence-electron chi connectivity index (χ2n) is 5.57. The Balaban J connectivity index is 1.70. The molecule has 0 bridgehead atoms. The molecule has 0 aromatic carbocycles. The molecule has 1 N–H and O–H groups in total. The predicted molar refractivity (Wildman–Crippen MR) is 77.2 cm³/mol. The molecule has 112 valence electrons. The number of carbonyl (C=O) groups excluding carboxylic acids is 1. The summed E-state index contributed by atoms with van der Waals surface area (Å²) in [6, 6.07) is 2.12. The Morgan fingerprint density at radius 3 is 2.95 bits per heavy atom. The number of hydrogen-bond acceptors (Lipinski definition) is 6. The van der Waals surface area contributed by atoms with Crippen molar-refractivity contribution in [2.75, 3.05) is 7.11 Å². The molecular weight excluding hydrogens is 282 g/mol. The fraction of sp³-hybridized carbons (Fsp3) is 0.400. The van der Waals surface area contributed by atoms with E-state index in [1.807, 2.05) is 24.3 Å². The van der Waals surface area contributed by atoms with Crippen LogP contribution in [-0.4, -0.2) is 35.2 Å². The van der Waals surface area contributed by atoms with Crippen LogP contribution < -0.4 is 10.1 Å². The molecule has 3 aliphatic rings. The van der Waals surface area contributed by atoms with Crippen LogP contribution in [0.5, 0.6) is 6.01 Å². The van der Waals surface area contributed by atoms with Gasteiger partial charge in [-0.25, -0.2) is 4.98 Å². The number of fused-ring (bicyclic) bond motifs is 1. The summed E-state index contributed by atoms with van der Waals surface area (Å²) in [7, 11) is 1.53. The van der Waals surface area contributed by atoms with Crippen molar-refractivity contribution in [2.24, 2.45) is 16.1 Å². The van der Waals surface area contributed by atoms with E-state index < -0.39 is 0 Å². The first-order valence-corrected chi connectivity index (χ1v) is 7.21. The molecule has 1 aliphatic carbocycles. The standard InChI is InChI=1S/C15H15N5O2/c1-22-15-16-6-5-10(17-15)9-7-11(21)18-14-12(9)13(19-20-14)8-3-2-4-8/h2-6,9,12-14H,7H2,1H3,(H,18,21). The van der Waals surface area contributed by atoms with Crippen molar-refractivity contribution >= 4 is 5.91 Å². The number of azo groups is 1. The molecule has 0 saturated carbocycles. The number of nitrogens with zero attached hydrogens (tertiary/aromatic N) is 4. The summed E-state index contributed by atoms with van der Waals surface area (Å²) in [5.41, 5.74) is 1.95. The molecule has 22 heavy (non-hydrogen) atoms. The summed E-state index contributed by atoms with van der Waals surface area (Å²) in [5, 5.41) is 11.5. The maximum absolute atomic E-state index is 12.0. The van der Waals surface area contributed by atoms with Crippen LogP contribution in [0.2, 0.25) is 0 Å².